The molecule has 1 atom stereocenters. The zero-order valence-electron chi connectivity index (χ0n) is 19.2. The third kappa shape index (κ3) is 8.07. The van der Waals surface area contributed by atoms with Crippen molar-refractivity contribution in [3.8, 4) is 0 Å². The van der Waals surface area contributed by atoms with Crippen molar-refractivity contribution in [1.29, 1.82) is 0 Å². The van der Waals surface area contributed by atoms with Gasteiger partial charge in [-0.1, -0.05) is 30.3 Å². The molecule has 202 valence electrons. The van der Waals surface area contributed by atoms with Gasteiger partial charge in [0.25, 0.3) is 0 Å². The predicted molar refractivity (Wildman–Crippen MR) is 125 cm³/mol. The van der Waals surface area contributed by atoms with Crippen LogP contribution in [0.3, 0.4) is 0 Å². The Balaban J connectivity index is 0.00000456. The molecule has 2 N–H and O–H groups in total. The number of hydrogen-bond acceptors (Lipinski definition) is 4. The first-order chi connectivity index (χ1) is 16.2. The smallest absolute Gasteiger partial charge is 0.371 e. The van der Waals surface area contributed by atoms with E-state index in [-0.39, 0.29) is 25.1 Å². The third-order valence-corrected chi connectivity index (χ3v) is 6.71. The lowest BCUT2D eigenvalue weighted by Gasteiger charge is -2.39. The van der Waals surface area contributed by atoms with E-state index in [1.165, 1.54) is 0 Å². The van der Waals surface area contributed by atoms with Gasteiger partial charge < -0.3 is 10.1 Å². The standard InChI is InChI=1S/C23H26F6N2O3S.ClH/c1-35(32,33)31-14-20(16-11-18(22(24,25)26)13-19(12-16)23(27,28)29)34-15-21(7-9-30-10-8-21)17-5-3-2-4-6-17;/h2-6,11-13,20,30-31H,7-10,14-15H2,1H3;1H. The third-order valence-electron chi connectivity index (χ3n) is 6.02. The fourth-order valence-electron chi connectivity index (χ4n) is 4.14. The Labute approximate surface area is 212 Å². The molecule has 2 aromatic rings. The van der Waals surface area contributed by atoms with Crippen molar-refractivity contribution in [3.05, 3.63) is 70.8 Å². The molecule has 0 aromatic heterocycles. The maximum atomic E-state index is 13.4. The van der Waals surface area contributed by atoms with Gasteiger partial charge in [-0.15, -0.1) is 12.4 Å². The minimum absolute atomic E-state index is 0. The van der Waals surface area contributed by atoms with E-state index >= 15 is 0 Å². The number of benzene rings is 2. The Morgan fingerprint density at radius 3 is 1.97 bits per heavy atom. The summed E-state index contributed by atoms with van der Waals surface area (Å²) in [7, 11) is -3.80. The number of alkyl halides is 6. The van der Waals surface area contributed by atoms with Crippen LogP contribution < -0.4 is 10.0 Å². The Bertz CT molecular complexity index is 1070. The molecule has 1 heterocycles. The van der Waals surface area contributed by atoms with Gasteiger partial charge in [-0.2, -0.15) is 26.3 Å². The molecule has 1 fully saturated rings. The second-order valence-corrected chi connectivity index (χ2v) is 10.5. The molecule has 1 unspecified atom stereocenters. The Hall–Kier alpha value is -1.86. The van der Waals surface area contributed by atoms with Crippen LogP contribution in [-0.4, -0.2) is 40.9 Å². The molecular formula is C23H27ClF6N2O3S. The molecule has 0 saturated carbocycles. The number of halogens is 7. The number of sulfonamides is 1. The number of ether oxygens (including phenoxy) is 1. The minimum Gasteiger partial charge on any atom is -0.371 e. The number of hydrogen-bond donors (Lipinski definition) is 2. The van der Waals surface area contributed by atoms with Crippen LogP contribution in [0.4, 0.5) is 26.3 Å². The van der Waals surface area contributed by atoms with E-state index in [1.54, 1.807) is 0 Å². The van der Waals surface area contributed by atoms with E-state index in [0.717, 1.165) is 11.8 Å². The normalized spacial score (nSPS) is 17.3. The van der Waals surface area contributed by atoms with Crippen LogP contribution >= 0.6 is 12.4 Å². The van der Waals surface area contributed by atoms with Crippen molar-refractivity contribution in [3.63, 3.8) is 0 Å². The van der Waals surface area contributed by atoms with Crippen molar-refractivity contribution < 1.29 is 39.5 Å². The first kappa shape index (κ1) is 30.4. The maximum Gasteiger partial charge on any atom is 0.416 e. The van der Waals surface area contributed by atoms with Crippen LogP contribution in [0.5, 0.6) is 0 Å². The van der Waals surface area contributed by atoms with Crippen LogP contribution in [0.15, 0.2) is 48.5 Å². The second-order valence-electron chi connectivity index (χ2n) is 8.66. The van der Waals surface area contributed by atoms with Crippen molar-refractivity contribution >= 4 is 22.4 Å². The molecule has 0 radical (unpaired) electrons. The summed E-state index contributed by atoms with van der Waals surface area (Å²) in [6.07, 6.45) is -9.37. The highest BCUT2D eigenvalue weighted by Crippen LogP contribution is 2.39. The summed E-state index contributed by atoms with van der Waals surface area (Å²) in [4.78, 5) is 0. The fourth-order valence-corrected chi connectivity index (χ4v) is 4.59. The molecule has 1 aliphatic rings. The summed E-state index contributed by atoms with van der Waals surface area (Å²) in [6, 6.07) is 10.5. The van der Waals surface area contributed by atoms with Gasteiger partial charge in [0.2, 0.25) is 10.0 Å². The van der Waals surface area contributed by atoms with Crippen molar-refractivity contribution in [2.24, 2.45) is 0 Å². The summed E-state index contributed by atoms with van der Waals surface area (Å²) < 4.78 is 112. The largest absolute Gasteiger partial charge is 0.416 e. The van der Waals surface area contributed by atoms with E-state index in [0.29, 0.717) is 38.1 Å². The lowest BCUT2D eigenvalue weighted by molar-refractivity contribution is -0.143. The topological polar surface area (TPSA) is 67.4 Å². The molecule has 1 saturated heterocycles. The molecule has 0 bridgehead atoms. The number of rotatable bonds is 8. The van der Waals surface area contributed by atoms with E-state index in [1.807, 2.05) is 30.3 Å². The van der Waals surface area contributed by atoms with Crippen LogP contribution in [0.1, 0.15) is 41.2 Å². The Morgan fingerprint density at radius 1 is 0.972 bits per heavy atom. The van der Waals surface area contributed by atoms with Gasteiger partial charge in [-0.3, -0.25) is 0 Å². The van der Waals surface area contributed by atoms with E-state index in [4.69, 9.17) is 4.74 Å². The molecule has 5 nitrogen and oxygen atoms in total. The monoisotopic (exact) mass is 560 g/mol. The summed E-state index contributed by atoms with van der Waals surface area (Å²) in [5.74, 6) is 0. The summed E-state index contributed by atoms with van der Waals surface area (Å²) in [5, 5.41) is 3.22. The summed E-state index contributed by atoms with van der Waals surface area (Å²) >= 11 is 0. The van der Waals surface area contributed by atoms with Gasteiger partial charge in [0, 0.05) is 12.0 Å². The zero-order chi connectivity index (χ0) is 25.9. The maximum absolute atomic E-state index is 13.4. The quantitative estimate of drug-likeness (QED) is 0.442. The fraction of sp³-hybridized carbons (Fsp3) is 0.478. The summed E-state index contributed by atoms with van der Waals surface area (Å²) in [6.45, 7) is 0.742. The van der Waals surface area contributed by atoms with Gasteiger partial charge in [0.15, 0.2) is 0 Å². The molecule has 2 aromatic carbocycles. The highest BCUT2D eigenvalue weighted by molar-refractivity contribution is 7.88. The molecule has 0 spiro atoms. The summed E-state index contributed by atoms with van der Waals surface area (Å²) in [5.41, 5.74) is -3.01. The van der Waals surface area contributed by atoms with E-state index in [2.05, 4.69) is 10.0 Å². The van der Waals surface area contributed by atoms with E-state index < -0.39 is 57.1 Å². The molecular weight excluding hydrogens is 534 g/mol. The van der Waals surface area contributed by atoms with Crippen molar-refractivity contribution in [2.45, 2.75) is 36.7 Å². The average Bonchev–Trinajstić information content (AvgIpc) is 2.78. The molecule has 13 heteroatoms. The van der Waals surface area contributed by atoms with Crippen LogP contribution in [0.25, 0.3) is 0 Å². The highest BCUT2D eigenvalue weighted by Gasteiger charge is 2.39. The molecule has 1 aliphatic heterocycles. The van der Waals surface area contributed by atoms with Crippen LogP contribution in [-0.2, 0) is 32.5 Å². The van der Waals surface area contributed by atoms with E-state index in [9.17, 15) is 34.8 Å². The first-order valence-electron chi connectivity index (χ1n) is 10.8. The first-order valence-corrected chi connectivity index (χ1v) is 12.7. The van der Waals surface area contributed by atoms with Gasteiger partial charge in [-0.25, -0.2) is 13.1 Å². The highest BCUT2D eigenvalue weighted by atomic mass is 35.5. The molecule has 0 amide bonds. The second kappa shape index (κ2) is 11.7. The zero-order valence-corrected chi connectivity index (χ0v) is 20.9. The number of nitrogens with one attached hydrogen (secondary N) is 2. The van der Waals surface area contributed by atoms with Crippen LogP contribution in [0, 0.1) is 0 Å². The average molecular weight is 561 g/mol. The molecule has 0 aliphatic carbocycles. The Morgan fingerprint density at radius 2 is 1.50 bits per heavy atom. The SMILES string of the molecule is CS(=O)(=O)NCC(OCC1(c2ccccc2)CCNCC1)c1cc(C(F)(F)F)cc(C(F)(F)F)c1.Cl. The predicted octanol–water partition coefficient (Wildman–Crippen LogP) is 5.07. The lowest BCUT2D eigenvalue weighted by atomic mass is 9.74. The Kier molecular flexibility index (Phi) is 9.85. The van der Waals surface area contributed by atoms with Gasteiger partial charge in [-0.05, 0) is 55.3 Å². The number of piperidine rings is 1. The van der Waals surface area contributed by atoms with Crippen molar-refractivity contribution in [2.75, 3.05) is 32.5 Å². The molecule has 3 rings (SSSR count). The van der Waals surface area contributed by atoms with Crippen LogP contribution in [0.2, 0.25) is 0 Å². The molecule has 36 heavy (non-hydrogen) atoms. The van der Waals surface area contributed by atoms with Gasteiger partial charge in [0.1, 0.15) is 0 Å². The van der Waals surface area contributed by atoms with Crippen molar-refractivity contribution in [1.82, 2.24) is 10.0 Å². The van der Waals surface area contributed by atoms with Gasteiger partial charge in [0.05, 0.1) is 30.1 Å². The van der Waals surface area contributed by atoms with Gasteiger partial charge >= 0.3 is 12.4 Å². The minimum atomic E-state index is -5.04. The lowest BCUT2D eigenvalue weighted by Crippen LogP contribution is -2.44.